The Labute approximate surface area is 130 Å². The van der Waals surface area contributed by atoms with Crippen LogP contribution in [0.5, 0.6) is 0 Å². The van der Waals surface area contributed by atoms with Gasteiger partial charge in [-0.15, -0.1) is 0 Å². The van der Waals surface area contributed by atoms with Crippen LogP contribution >= 0.6 is 11.6 Å². The summed E-state index contributed by atoms with van der Waals surface area (Å²) < 4.78 is 62.7. The van der Waals surface area contributed by atoms with Gasteiger partial charge in [-0.1, -0.05) is 11.6 Å². The molecule has 0 spiro atoms. The van der Waals surface area contributed by atoms with Crippen molar-refractivity contribution >= 4 is 21.4 Å². The second-order valence-corrected chi connectivity index (χ2v) is 6.97. The maximum atomic E-state index is 12.5. The van der Waals surface area contributed by atoms with Gasteiger partial charge in [0.2, 0.25) is 9.84 Å². The number of rotatable bonds is 2. The molecule has 1 aromatic carbocycles. The fourth-order valence-corrected chi connectivity index (χ4v) is 4.11. The summed E-state index contributed by atoms with van der Waals surface area (Å²) in [5, 5.41) is -0.197. The maximum absolute atomic E-state index is 12.5. The maximum Gasteiger partial charge on any atom is 0.416 e. The predicted molar refractivity (Wildman–Crippen MR) is 75.6 cm³/mol. The van der Waals surface area contributed by atoms with Crippen molar-refractivity contribution in [1.82, 2.24) is 4.98 Å². The first-order chi connectivity index (χ1) is 10.0. The van der Waals surface area contributed by atoms with Crippen molar-refractivity contribution in [2.45, 2.75) is 29.8 Å². The van der Waals surface area contributed by atoms with Crippen LogP contribution in [0.2, 0.25) is 5.15 Å². The zero-order valence-corrected chi connectivity index (χ0v) is 13.1. The number of pyridine rings is 1. The van der Waals surface area contributed by atoms with E-state index in [4.69, 9.17) is 11.6 Å². The lowest BCUT2D eigenvalue weighted by atomic mass is 10.2. The van der Waals surface area contributed by atoms with Gasteiger partial charge < -0.3 is 0 Å². The molecule has 2 rings (SSSR count). The van der Waals surface area contributed by atoms with Crippen LogP contribution in [0.4, 0.5) is 13.2 Å². The molecule has 1 aromatic heterocycles. The van der Waals surface area contributed by atoms with Gasteiger partial charge in [0, 0.05) is 5.69 Å². The smallest absolute Gasteiger partial charge is 0.240 e. The van der Waals surface area contributed by atoms with E-state index in [1.807, 2.05) is 0 Å². The van der Waals surface area contributed by atoms with Gasteiger partial charge in [0.1, 0.15) is 10.0 Å². The molecule has 0 atom stereocenters. The number of hydrogen-bond donors (Lipinski definition) is 0. The number of benzene rings is 1. The molecule has 2 aromatic rings. The molecule has 0 saturated heterocycles. The Morgan fingerprint density at radius 1 is 1.09 bits per heavy atom. The van der Waals surface area contributed by atoms with E-state index in [1.165, 1.54) is 0 Å². The number of nitrogens with zero attached hydrogens (tertiary/aromatic N) is 1. The van der Waals surface area contributed by atoms with Crippen LogP contribution in [-0.2, 0) is 16.0 Å². The first-order valence-corrected chi connectivity index (χ1v) is 7.95. The van der Waals surface area contributed by atoms with Crippen LogP contribution in [0.15, 0.2) is 40.1 Å². The summed E-state index contributed by atoms with van der Waals surface area (Å²) >= 11 is 5.90. The molecule has 3 nitrogen and oxygen atoms in total. The lowest BCUT2D eigenvalue weighted by Crippen LogP contribution is -2.09. The van der Waals surface area contributed by atoms with Crippen LogP contribution in [0.3, 0.4) is 0 Å². The molecule has 0 fully saturated rings. The van der Waals surface area contributed by atoms with Crippen LogP contribution in [0.1, 0.15) is 16.8 Å². The van der Waals surface area contributed by atoms with Gasteiger partial charge in [-0.05, 0) is 49.7 Å². The minimum Gasteiger partial charge on any atom is -0.240 e. The third kappa shape index (κ3) is 3.10. The van der Waals surface area contributed by atoms with Crippen LogP contribution in [0, 0.1) is 13.8 Å². The quantitative estimate of drug-likeness (QED) is 0.763. The summed E-state index contributed by atoms with van der Waals surface area (Å²) in [6.07, 6.45) is -4.53. The van der Waals surface area contributed by atoms with Crippen molar-refractivity contribution in [3.8, 4) is 0 Å². The Hall–Kier alpha value is -1.60. The normalized spacial score (nSPS) is 12.5. The van der Waals surface area contributed by atoms with Crippen molar-refractivity contribution in [1.29, 1.82) is 0 Å². The summed E-state index contributed by atoms with van der Waals surface area (Å²) in [7, 11) is -4.04. The molecule has 0 saturated carbocycles. The van der Waals surface area contributed by atoms with Gasteiger partial charge in [0.05, 0.1) is 10.5 Å². The SMILES string of the molecule is Cc1cc(C)c(S(=O)(=O)c2ccc(C(F)(F)F)cc2)c(Cl)n1. The highest BCUT2D eigenvalue weighted by molar-refractivity contribution is 7.91. The molecular weight excluding hydrogens is 339 g/mol. The van der Waals surface area contributed by atoms with Gasteiger partial charge in [-0.3, -0.25) is 0 Å². The van der Waals surface area contributed by atoms with Crippen molar-refractivity contribution in [2.75, 3.05) is 0 Å². The zero-order chi connectivity index (χ0) is 16.7. The van der Waals surface area contributed by atoms with E-state index >= 15 is 0 Å². The molecule has 0 amide bonds. The fourth-order valence-electron chi connectivity index (χ4n) is 2.04. The van der Waals surface area contributed by atoms with Gasteiger partial charge >= 0.3 is 6.18 Å². The highest BCUT2D eigenvalue weighted by Gasteiger charge is 2.31. The van der Waals surface area contributed by atoms with E-state index in [-0.39, 0.29) is 14.9 Å². The van der Waals surface area contributed by atoms with E-state index in [1.54, 1.807) is 19.9 Å². The number of hydrogen-bond acceptors (Lipinski definition) is 3. The number of sulfone groups is 1. The molecule has 0 aliphatic carbocycles. The molecule has 0 unspecified atom stereocenters. The van der Waals surface area contributed by atoms with E-state index in [2.05, 4.69) is 4.98 Å². The average Bonchev–Trinajstić information content (AvgIpc) is 2.36. The lowest BCUT2D eigenvalue weighted by Gasteiger charge is -2.11. The number of halogens is 4. The summed E-state index contributed by atoms with van der Waals surface area (Å²) in [4.78, 5) is 3.43. The average molecular weight is 350 g/mol. The predicted octanol–water partition coefficient (Wildman–Crippen LogP) is 4.20. The Bertz CT molecular complexity index is 792. The molecule has 0 N–H and O–H groups in total. The minimum atomic E-state index is -4.53. The lowest BCUT2D eigenvalue weighted by molar-refractivity contribution is -0.137. The summed E-state index contributed by atoms with van der Waals surface area (Å²) in [6.45, 7) is 3.21. The molecule has 118 valence electrons. The number of aromatic nitrogens is 1. The molecule has 0 radical (unpaired) electrons. The van der Waals surface area contributed by atoms with Crippen molar-refractivity contribution in [3.05, 3.63) is 52.3 Å². The molecule has 0 bridgehead atoms. The van der Waals surface area contributed by atoms with E-state index < -0.39 is 21.6 Å². The standard InChI is InChI=1S/C14H11ClF3NO2S/c1-8-7-9(2)19-13(15)12(8)22(20,21)11-5-3-10(4-6-11)14(16,17)18/h3-7H,1-2H3. The highest BCUT2D eigenvalue weighted by atomic mass is 35.5. The van der Waals surface area contributed by atoms with E-state index in [9.17, 15) is 21.6 Å². The van der Waals surface area contributed by atoms with Gasteiger partial charge in [0.25, 0.3) is 0 Å². The van der Waals surface area contributed by atoms with Crippen LogP contribution in [0.25, 0.3) is 0 Å². The molecule has 1 heterocycles. The largest absolute Gasteiger partial charge is 0.416 e. The third-order valence-electron chi connectivity index (χ3n) is 3.01. The third-order valence-corrected chi connectivity index (χ3v) is 5.34. The summed E-state index contributed by atoms with van der Waals surface area (Å²) in [5.74, 6) is 0. The van der Waals surface area contributed by atoms with Gasteiger partial charge in [-0.2, -0.15) is 13.2 Å². The highest BCUT2D eigenvalue weighted by Crippen LogP contribution is 2.33. The number of aryl methyl sites for hydroxylation is 2. The van der Waals surface area contributed by atoms with E-state index in [0.29, 0.717) is 11.3 Å². The van der Waals surface area contributed by atoms with Gasteiger partial charge in [0.15, 0.2) is 0 Å². The van der Waals surface area contributed by atoms with Crippen LogP contribution < -0.4 is 0 Å². The van der Waals surface area contributed by atoms with E-state index in [0.717, 1.165) is 24.3 Å². The minimum absolute atomic E-state index is 0.195. The molecule has 22 heavy (non-hydrogen) atoms. The molecule has 0 aliphatic heterocycles. The monoisotopic (exact) mass is 349 g/mol. The topological polar surface area (TPSA) is 47.0 Å². The number of alkyl halides is 3. The van der Waals surface area contributed by atoms with Crippen molar-refractivity contribution in [2.24, 2.45) is 0 Å². The fraction of sp³-hybridized carbons (Fsp3) is 0.214. The second-order valence-electron chi connectivity index (χ2n) is 4.73. The zero-order valence-electron chi connectivity index (χ0n) is 11.6. The van der Waals surface area contributed by atoms with Crippen molar-refractivity contribution in [3.63, 3.8) is 0 Å². The van der Waals surface area contributed by atoms with Gasteiger partial charge in [-0.25, -0.2) is 13.4 Å². The summed E-state index contributed by atoms with van der Waals surface area (Å²) in [5.41, 5.74) is 0.0163. The first-order valence-electron chi connectivity index (χ1n) is 6.09. The van der Waals surface area contributed by atoms with Crippen molar-refractivity contribution < 1.29 is 21.6 Å². The molecule has 8 heteroatoms. The first kappa shape index (κ1) is 16.8. The molecular formula is C14H11ClF3NO2S. The Morgan fingerprint density at radius 2 is 1.64 bits per heavy atom. The Kier molecular flexibility index (Phi) is 4.23. The Balaban J connectivity index is 2.57. The summed E-state index contributed by atoms with van der Waals surface area (Å²) in [6, 6.07) is 4.81. The second kappa shape index (κ2) is 5.55. The Morgan fingerprint density at radius 3 is 2.09 bits per heavy atom. The molecule has 0 aliphatic rings. The van der Waals surface area contributed by atoms with Crippen LogP contribution in [-0.4, -0.2) is 13.4 Å².